The third-order valence-electron chi connectivity index (χ3n) is 3.77. The highest BCUT2D eigenvalue weighted by Gasteiger charge is 2.10. The Kier molecular flexibility index (Phi) is 6.29. The number of nitrogens with zero attached hydrogens (tertiary/aromatic N) is 3. The number of carbonyl (C=O) groups excluding carboxylic acids is 1. The van der Waals surface area contributed by atoms with E-state index in [-0.39, 0.29) is 11.9 Å². The maximum absolute atomic E-state index is 12.1. The van der Waals surface area contributed by atoms with Gasteiger partial charge >= 0.3 is 0 Å². The molecule has 0 saturated heterocycles. The standard InChI is InChI=1S/C17H25N5O/c1-4-16-21-19-12-22(16)10-9-18-14(3)11-17(23)20-15-8-6-5-7-13(15)2/h5-8,12,14,18H,4,9-11H2,1-3H3,(H,20,23)/t14-/m1/s1. The number of para-hydroxylation sites is 1. The summed E-state index contributed by atoms with van der Waals surface area (Å²) >= 11 is 0. The van der Waals surface area contributed by atoms with Gasteiger partial charge in [-0.15, -0.1) is 10.2 Å². The predicted octanol–water partition coefficient (Wildman–Crippen LogP) is 2.16. The van der Waals surface area contributed by atoms with Gasteiger partial charge in [0.2, 0.25) is 5.91 Å². The lowest BCUT2D eigenvalue weighted by atomic mass is 10.2. The maximum Gasteiger partial charge on any atom is 0.225 e. The second kappa shape index (κ2) is 8.43. The van der Waals surface area contributed by atoms with E-state index in [9.17, 15) is 4.79 Å². The minimum absolute atomic E-state index is 0.0258. The SMILES string of the molecule is CCc1nncn1CCN[C@H](C)CC(=O)Nc1ccccc1C. The topological polar surface area (TPSA) is 71.8 Å². The Bertz CT molecular complexity index is 637. The number of rotatable bonds is 8. The largest absolute Gasteiger partial charge is 0.326 e. The molecule has 1 heterocycles. The molecule has 23 heavy (non-hydrogen) atoms. The fourth-order valence-electron chi connectivity index (χ4n) is 2.44. The maximum atomic E-state index is 12.1. The van der Waals surface area contributed by atoms with Gasteiger partial charge in [-0.2, -0.15) is 0 Å². The Hall–Kier alpha value is -2.21. The van der Waals surface area contributed by atoms with E-state index in [1.54, 1.807) is 6.33 Å². The molecule has 0 radical (unpaired) electrons. The van der Waals surface area contributed by atoms with Gasteiger partial charge in [-0.25, -0.2) is 0 Å². The van der Waals surface area contributed by atoms with Crippen molar-refractivity contribution in [3.05, 3.63) is 42.0 Å². The summed E-state index contributed by atoms with van der Waals surface area (Å²) in [6.07, 6.45) is 3.06. The number of nitrogens with one attached hydrogen (secondary N) is 2. The Morgan fingerprint density at radius 2 is 2.13 bits per heavy atom. The quantitative estimate of drug-likeness (QED) is 0.783. The molecule has 0 spiro atoms. The summed E-state index contributed by atoms with van der Waals surface area (Å²) in [5.74, 6) is 1.01. The molecule has 1 aromatic carbocycles. The summed E-state index contributed by atoms with van der Waals surface area (Å²) in [4.78, 5) is 12.1. The summed E-state index contributed by atoms with van der Waals surface area (Å²) in [5.41, 5.74) is 1.95. The zero-order valence-electron chi connectivity index (χ0n) is 14.0. The fraction of sp³-hybridized carbons (Fsp3) is 0.471. The van der Waals surface area contributed by atoms with Crippen molar-refractivity contribution in [2.24, 2.45) is 0 Å². The van der Waals surface area contributed by atoms with Crippen LogP contribution < -0.4 is 10.6 Å². The highest BCUT2D eigenvalue weighted by atomic mass is 16.1. The molecule has 0 saturated carbocycles. The second-order valence-electron chi connectivity index (χ2n) is 5.72. The van der Waals surface area contributed by atoms with E-state index < -0.39 is 0 Å². The van der Waals surface area contributed by atoms with E-state index in [2.05, 4.69) is 27.8 Å². The number of carbonyl (C=O) groups is 1. The van der Waals surface area contributed by atoms with Crippen LogP contribution in [-0.2, 0) is 17.8 Å². The lowest BCUT2D eigenvalue weighted by Gasteiger charge is -2.15. The van der Waals surface area contributed by atoms with Gasteiger partial charge < -0.3 is 15.2 Å². The van der Waals surface area contributed by atoms with Crippen molar-refractivity contribution in [3.8, 4) is 0 Å². The molecule has 2 aromatic rings. The molecule has 0 aliphatic carbocycles. The van der Waals surface area contributed by atoms with Gasteiger partial charge in [-0.3, -0.25) is 4.79 Å². The van der Waals surface area contributed by atoms with Gasteiger partial charge in [0, 0.05) is 37.7 Å². The number of aryl methyl sites for hydroxylation is 2. The normalized spacial score (nSPS) is 12.1. The van der Waals surface area contributed by atoms with Crippen LogP contribution in [0.15, 0.2) is 30.6 Å². The molecule has 2 N–H and O–H groups in total. The van der Waals surface area contributed by atoms with Crippen molar-refractivity contribution >= 4 is 11.6 Å². The van der Waals surface area contributed by atoms with E-state index in [1.165, 1.54) is 0 Å². The van der Waals surface area contributed by atoms with Crippen LogP contribution in [0.3, 0.4) is 0 Å². The monoisotopic (exact) mass is 315 g/mol. The first-order valence-electron chi connectivity index (χ1n) is 8.05. The Morgan fingerprint density at radius 1 is 1.35 bits per heavy atom. The van der Waals surface area contributed by atoms with Gasteiger partial charge in [-0.05, 0) is 25.5 Å². The molecule has 0 aliphatic rings. The average Bonchev–Trinajstić information content (AvgIpc) is 2.97. The van der Waals surface area contributed by atoms with Crippen LogP contribution in [0.4, 0.5) is 5.69 Å². The van der Waals surface area contributed by atoms with Crippen molar-refractivity contribution in [2.75, 3.05) is 11.9 Å². The van der Waals surface area contributed by atoms with Gasteiger partial charge in [-0.1, -0.05) is 25.1 Å². The highest BCUT2D eigenvalue weighted by molar-refractivity contribution is 5.91. The molecule has 2 rings (SSSR count). The molecular formula is C17H25N5O. The lowest BCUT2D eigenvalue weighted by molar-refractivity contribution is -0.116. The van der Waals surface area contributed by atoms with Gasteiger partial charge in [0.05, 0.1) is 0 Å². The number of benzene rings is 1. The summed E-state index contributed by atoms with van der Waals surface area (Å²) in [6.45, 7) is 7.66. The Morgan fingerprint density at radius 3 is 2.87 bits per heavy atom. The molecule has 0 bridgehead atoms. The summed E-state index contributed by atoms with van der Waals surface area (Å²) in [5, 5.41) is 14.3. The molecule has 124 valence electrons. The predicted molar refractivity (Wildman–Crippen MR) is 91.3 cm³/mol. The molecule has 0 unspecified atom stereocenters. The van der Waals surface area contributed by atoms with E-state index >= 15 is 0 Å². The van der Waals surface area contributed by atoms with E-state index in [4.69, 9.17) is 0 Å². The van der Waals surface area contributed by atoms with Crippen LogP contribution in [-0.4, -0.2) is 33.3 Å². The molecule has 0 aliphatic heterocycles. The number of anilines is 1. The van der Waals surface area contributed by atoms with Crippen LogP contribution in [0.25, 0.3) is 0 Å². The van der Waals surface area contributed by atoms with Gasteiger partial charge in [0.1, 0.15) is 12.2 Å². The first-order chi connectivity index (χ1) is 11.1. The van der Waals surface area contributed by atoms with Gasteiger partial charge in [0.15, 0.2) is 0 Å². The summed E-state index contributed by atoms with van der Waals surface area (Å²) in [7, 11) is 0. The number of hydrogen-bond donors (Lipinski definition) is 2. The zero-order valence-corrected chi connectivity index (χ0v) is 14.0. The van der Waals surface area contributed by atoms with E-state index in [1.807, 2.05) is 42.7 Å². The van der Waals surface area contributed by atoms with E-state index in [0.717, 1.165) is 36.6 Å². The molecule has 0 fully saturated rings. The van der Waals surface area contributed by atoms with Gasteiger partial charge in [0.25, 0.3) is 0 Å². The highest BCUT2D eigenvalue weighted by Crippen LogP contribution is 2.13. The average molecular weight is 315 g/mol. The minimum atomic E-state index is 0.0258. The Balaban J connectivity index is 1.73. The van der Waals surface area contributed by atoms with Crippen LogP contribution in [0.5, 0.6) is 0 Å². The van der Waals surface area contributed by atoms with Crippen molar-refractivity contribution < 1.29 is 4.79 Å². The lowest BCUT2D eigenvalue weighted by Crippen LogP contribution is -2.33. The Labute approximate surface area is 137 Å². The molecule has 1 aromatic heterocycles. The first kappa shape index (κ1) is 17.1. The molecule has 6 nitrogen and oxygen atoms in total. The number of hydrogen-bond acceptors (Lipinski definition) is 4. The molecule has 1 amide bonds. The van der Waals surface area contributed by atoms with Crippen molar-refractivity contribution in [2.45, 2.75) is 46.2 Å². The fourth-order valence-corrected chi connectivity index (χ4v) is 2.44. The second-order valence-corrected chi connectivity index (χ2v) is 5.72. The van der Waals surface area contributed by atoms with Crippen molar-refractivity contribution in [1.29, 1.82) is 0 Å². The minimum Gasteiger partial charge on any atom is -0.326 e. The first-order valence-corrected chi connectivity index (χ1v) is 8.05. The third kappa shape index (κ3) is 5.17. The van der Waals surface area contributed by atoms with Crippen LogP contribution in [0.1, 0.15) is 31.7 Å². The third-order valence-corrected chi connectivity index (χ3v) is 3.77. The smallest absolute Gasteiger partial charge is 0.225 e. The number of amides is 1. The van der Waals surface area contributed by atoms with Crippen LogP contribution >= 0.6 is 0 Å². The van der Waals surface area contributed by atoms with E-state index in [0.29, 0.717) is 6.42 Å². The molecule has 6 heteroatoms. The zero-order chi connectivity index (χ0) is 16.7. The molecular weight excluding hydrogens is 290 g/mol. The van der Waals surface area contributed by atoms with Crippen LogP contribution in [0, 0.1) is 6.92 Å². The van der Waals surface area contributed by atoms with Crippen molar-refractivity contribution in [3.63, 3.8) is 0 Å². The summed E-state index contributed by atoms with van der Waals surface area (Å²) in [6, 6.07) is 7.91. The van der Waals surface area contributed by atoms with Crippen LogP contribution in [0.2, 0.25) is 0 Å². The summed E-state index contributed by atoms with van der Waals surface area (Å²) < 4.78 is 2.03. The van der Waals surface area contributed by atoms with Crippen molar-refractivity contribution in [1.82, 2.24) is 20.1 Å². The molecule has 1 atom stereocenters. The number of aromatic nitrogens is 3.